The molecule has 0 atom stereocenters. The zero-order chi connectivity index (χ0) is 48.3. The molecule has 358 valence electrons. The molecule has 0 bridgehead atoms. The highest BCUT2D eigenvalue weighted by Gasteiger charge is 2.33. The van der Waals surface area contributed by atoms with Crippen LogP contribution in [0.5, 0.6) is 0 Å². The summed E-state index contributed by atoms with van der Waals surface area (Å²) in [6, 6.07) is 20.0. The molecule has 2 aromatic carbocycles. The van der Waals surface area contributed by atoms with Crippen LogP contribution in [0, 0.1) is 0 Å². The van der Waals surface area contributed by atoms with Crippen LogP contribution in [0.25, 0.3) is 22.3 Å². The third-order valence-electron chi connectivity index (χ3n) is 11.7. The second-order valence-electron chi connectivity index (χ2n) is 16.1. The highest BCUT2D eigenvalue weighted by atomic mass is 35.5. The molecule has 2 aliphatic heterocycles. The average Bonchev–Trinajstić information content (AvgIpc) is 4.21. The van der Waals surface area contributed by atoms with Crippen LogP contribution >= 0.6 is 45.9 Å². The molecule has 25 heteroatoms. The van der Waals surface area contributed by atoms with E-state index in [9.17, 15) is 26.4 Å². The first-order valence-electron chi connectivity index (χ1n) is 21.6. The Morgan fingerprint density at radius 1 is 0.609 bits per heavy atom. The second-order valence-corrected chi connectivity index (χ2v) is 23.6. The van der Waals surface area contributed by atoms with Crippen molar-refractivity contribution in [3.63, 3.8) is 0 Å². The van der Waals surface area contributed by atoms with Crippen LogP contribution in [0.15, 0.2) is 113 Å². The first-order chi connectivity index (χ1) is 33.2. The van der Waals surface area contributed by atoms with E-state index in [4.69, 9.17) is 28.9 Å². The second kappa shape index (κ2) is 20.6. The summed E-state index contributed by atoms with van der Waals surface area (Å²) in [6.45, 7) is 2.08. The molecule has 8 aromatic rings. The van der Waals surface area contributed by atoms with Crippen molar-refractivity contribution in [2.24, 2.45) is 0 Å². The van der Waals surface area contributed by atoms with Crippen molar-refractivity contribution in [2.45, 2.75) is 59.3 Å². The Morgan fingerprint density at radius 3 is 1.54 bits per heavy atom. The summed E-state index contributed by atoms with van der Waals surface area (Å²) in [7, 11) is -7.22. The fraction of sp³-hybridized carbons (Fsp3) is 0.273. The Kier molecular flexibility index (Phi) is 14.4. The molecule has 0 radical (unpaired) electrons. The number of carbonyl (C=O) groups excluding carboxylic acids is 2. The van der Waals surface area contributed by atoms with E-state index in [1.54, 1.807) is 97.8 Å². The molecular formula is C44H43Cl2N13O6S4. The van der Waals surface area contributed by atoms with E-state index in [0.717, 1.165) is 32.3 Å². The summed E-state index contributed by atoms with van der Waals surface area (Å²) in [6.07, 6.45) is 10.8. The van der Waals surface area contributed by atoms with Crippen LogP contribution in [0.1, 0.15) is 68.2 Å². The number of amides is 2. The molecule has 6 aromatic heterocycles. The number of nitrogen functional groups attached to an aromatic ring is 1. The number of hydrogen-bond acceptors (Lipinski definition) is 15. The summed E-state index contributed by atoms with van der Waals surface area (Å²) >= 11 is 14.1. The summed E-state index contributed by atoms with van der Waals surface area (Å²) in [5.41, 5.74) is 9.51. The number of anilines is 1. The zero-order valence-corrected chi connectivity index (χ0v) is 41.2. The van der Waals surface area contributed by atoms with Gasteiger partial charge in [-0.05, 0) is 98.5 Å². The number of benzene rings is 2. The van der Waals surface area contributed by atoms with Crippen molar-refractivity contribution in [3.05, 3.63) is 135 Å². The van der Waals surface area contributed by atoms with Crippen molar-refractivity contribution in [1.29, 1.82) is 0 Å². The number of thiophene rings is 2. The molecule has 2 saturated heterocycles. The van der Waals surface area contributed by atoms with E-state index >= 15 is 0 Å². The molecule has 2 fully saturated rings. The minimum absolute atomic E-state index is 0.0720. The van der Waals surface area contributed by atoms with Gasteiger partial charge in [-0.25, -0.2) is 41.8 Å². The molecular weight excluding hydrogens is 1010 g/mol. The van der Waals surface area contributed by atoms with Gasteiger partial charge < -0.3 is 25.5 Å². The van der Waals surface area contributed by atoms with E-state index in [-0.39, 0.29) is 51.4 Å². The van der Waals surface area contributed by atoms with E-state index < -0.39 is 20.0 Å². The van der Waals surface area contributed by atoms with Gasteiger partial charge in [-0.2, -0.15) is 13.6 Å². The van der Waals surface area contributed by atoms with Crippen molar-refractivity contribution >= 4 is 106 Å². The molecule has 0 spiro atoms. The van der Waals surface area contributed by atoms with Gasteiger partial charge in [0.15, 0.2) is 11.3 Å². The smallest absolute Gasteiger partial charge is 0.252 e. The lowest BCUT2D eigenvalue weighted by molar-refractivity contribution is 0.0943. The Labute approximate surface area is 414 Å². The van der Waals surface area contributed by atoms with Gasteiger partial charge in [-0.1, -0.05) is 23.2 Å². The molecule has 0 aliphatic carbocycles. The lowest BCUT2D eigenvalue weighted by Crippen LogP contribution is -2.38. The minimum Gasteiger partial charge on any atom is -0.368 e. The topological polar surface area (TPSA) is 246 Å². The highest BCUT2D eigenvalue weighted by molar-refractivity contribution is 7.91. The number of sulfonamides is 2. The van der Waals surface area contributed by atoms with Gasteiger partial charge in [0.2, 0.25) is 5.95 Å². The van der Waals surface area contributed by atoms with Gasteiger partial charge in [0.1, 0.15) is 25.8 Å². The fourth-order valence-corrected chi connectivity index (χ4v) is 14.2. The predicted octanol–water partition coefficient (Wildman–Crippen LogP) is 6.58. The molecule has 0 unspecified atom stereocenters. The normalized spacial score (nSPS) is 15.5. The van der Waals surface area contributed by atoms with Crippen LogP contribution in [0.3, 0.4) is 0 Å². The van der Waals surface area contributed by atoms with E-state index in [1.807, 2.05) is 9.13 Å². The Hall–Kier alpha value is -5.92. The largest absolute Gasteiger partial charge is 0.368 e. The Bertz CT molecular complexity index is 3350. The van der Waals surface area contributed by atoms with Crippen LogP contribution in [-0.2, 0) is 33.1 Å². The van der Waals surface area contributed by atoms with Crippen molar-refractivity contribution in [2.75, 3.05) is 31.9 Å². The number of nitrogens with two attached hydrogens (primary N) is 1. The van der Waals surface area contributed by atoms with Gasteiger partial charge in [-0.3, -0.25) is 9.59 Å². The average molecular weight is 1050 g/mol. The number of rotatable bonds is 12. The first-order valence-corrected chi connectivity index (χ1v) is 26.8. The number of aromatic nitrogens is 8. The van der Waals surface area contributed by atoms with E-state index in [0.29, 0.717) is 84.2 Å². The third-order valence-corrected chi connectivity index (χ3v) is 19.1. The molecule has 0 saturated carbocycles. The summed E-state index contributed by atoms with van der Waals surface area (Å²) < 4.78 is 60.4. The molecule has 8 heterocycles. The van der Waals surface area contributed by atoms with Crippen LogP contribution in [-0.4, -0.2) is 102 Å². The van der Waals surface area contributed by atoms with Crippen molar-refractivity contribution in [1.82, 2.24) is 58.3 Å². The summed E-state index contributed by atoms with van der Waals surface area (Å²) in [5, 5.41) is 6.74. The minimum atomic E-state index is -3.62. The van der Waals surface area contributed by atoms with Gasteiger partial charge in [0, 0.05) is 69.2 Å². The maximum absolute atomic E-state index is 13.2. The molecule has 2 amide bonds. The Morgan fingerprint density at radius 2 is 1.06 bits per heavy atom. The van der Waals surface area contributed by atoms with Crippen LogP contribution < -0.4 is 16.4 Å². The SMILES string of the molecule is Nc1ncc2ncn(C3CCN(S(=O)(=O)c4ccc(CNC(=O)c5ccc(Cl)cc5)s4)CC3)c2n1.O=C(NCc1ccc(S(=O)(=O)N2CCC(n3cnc4cncnc43)CC2)s1)c1ccc(Cl)cc1. The number of hydrogen-bond donors (Lipinski definition) is 3. The summed E-state index contributed by atoms with van der Waals surface area (Å²) in [5.74, 6) is -0.313. The van der Waals surface area contributed by atoms with Crippen LogP contribution in [0.4, 0.5) is 5.95 Å². The lowest BCUT2D eigenvalue weighted by Gasteiger charge is -2.31. The van der Waals surface area contributed by atoms with Gasteiger partial charge in [0.05, 0.1) is 38.1 Å². The Balaban J connectivity index is 0.000000172. The molecule has 10 rings (SSSR count). The molecule has 2 aliphatic rings. The molecule has 19 nitrogen and oxygen atoms in total. The predicted molar refractivity (Wildman–Crippen MR) is 263 cm³/mol. The standard InChI is InChI=1S/C22H22ClN7O3S2.C22H21ClN6O3S2/c23-15-3-1-14(2-4-15)21(31)25-11-17-5-6-19(34-17)35(32,33)29-9-7-16(8-10-29)30-13-27-18-12-26-22(24)28-20(18)30;23-16-3-1-15(2-4-16)22(30)25-11-18-5-6-20(33-18)34(31,32)28-9-7-17(8-10-28)29-14-27-19-12-24-13-26-21(19)29/h1-6,12-13,16H,7-11H2,(H,25,31)(H2,24,26,28);1-6,12-14,17H,7-11H2,(H,25,30). The third kappa shape index (κ3) is 10.8. The highest BCUT2D eigenvalue weighted by Crippen LogP contribution is 2.33. The number of fused-ring (bicyclic) bond motifs is 2. The van der Waals surface area contributed by atoms with Gasteiger partial charge in [0.25, 0.3) is 31.9 Å². The number of imidazole rings is 2. The van der Waals surface area contributed by atoms with Crippen LogP contribution in [0.2, 0.25) is 10.0 Å². The molecule has 4 N–H and O–H groups in total. The number of piperidine rings is 2. The number of nitrogens with one attached hydrogen (secondary N) is 2. The first kappa shape index (κ1) is 48.1. The zero-order valence-electron chi connectivity index (χ0n) is 36.4. The van der Waals surface area contributed by atoms with Gasteiger partial charge >= 0.3 is 0 Å². The van der Waals surface area contributed by atoms with Crippen molar-refractivity contribution < 1.29 is 26.4 Å². The van der Waals surface area contributed by atoms with Gasteiger partial charge in [-0.15, -0.1) is 22.7 Å². The van der Waals surface area contributed by atoms with E-state index in [1.165, 1.54) is 26.3 Å². The number of carbonyl (C=O) groups is 2. The monoisotopic (exact) mass is 1050 g/mol. The van der Waals surface area contributed by atoms with E-state index in [2.05, 4.69) is 40.5 Å². The fourth-order valence-electron chi connectivity index (χ4n) is 8.06. The van der Waals surface area contributed by atoms with Crippen molar-refractivity contribution in [3.8, 4) is 0 Å². The maximum atomic E-state index is 13.2. The lowest BCUT2D eigenvalue weighted by atomic mass is 10.1. The summed E-state index contributed by atoms with van der Waals surface area (Å²) in [4.78, 5) is 51.3. The maximum Gasteiger partial charge on any atom is 0.252 e. The number of halogens is 2. The molecule has 69 heavy (non-hydrogen) atoms. The number of nitrogens with zero attached hydrogens (tertiary/aromatic N) is 10. The quantitative estimate of drug-likeness (QED) is 0.117.